The van der Waals surface area contributed by atoms with Gasteiger partial charge in [-0.05, 0) is 67.8 Å². The lowest BCUT2D eigenvalue weighted by Crippen LogP contribution is -2.54. The summed E-state index contributed by atoms with van der Waals surface area (Å²) in [5.41, 5.74) is 1.74. The summed E-state index contributed by atoms with van der Waals surface area (Å²) < 4.78 is 12.0. The van der Waals surface area contributed by atoms with E-state index in [4.69, 9.17) is 21.1 Å². The Morgan fingerprint density at radius 1 is 1.28 bits per heavy atom. The van der Waals surface area contributed by atoms with E-state index in [0.29, 0.717) is 48.9 Å². The van der Waals surface area contributed by atoms with Crippen LogP contribution < -0.4 is 0 Å². The van der Waals surface area contributed by atoms with Crippen molar-refractivity contribution in [2.75, 3.05) is 13.2 Å². The second-order valence-electron chi connectivity index (χ2n) is 11.0. The SMILES string of the molecule is C=C1C[C@@]2(C)[C@@H](CC[C@@]2(O)C(=C)C[C@H](Cl)C(=O)O)[C@@H]2CC=C3CC4(CC[C@@H]3[C@@H]12)OCCO4. The average molecular weight is 463 g/mol. The van der Waals surface area contributed by atoms with Gasteiger partial charge in [-0.3, -0.25) is 4.79 Å². The van der Waals surface area contributed by atoms with Crippen LogP contribution in [-0.4, -0.2) is 46.2 Å². The summed E-state index contributed by atoms with van der Waals surface area (Å²) in [5, 5.41) is 20.1. The van der Waals surface area contributed by atoms with Gasteiger partial charge < -0.3 is 19.7 Å². The monoisotopic (exact) mass is 462 g/mol. The van der Waals surface area contributed by atoms with Gasteiger partial charge >= 0.3 is 5.97 Å². The minimum atomic E-state index is -1.11. The number of aliphatic hydroxyl groups is 1. The van der Waals surface area contributed by atoms with E-state index in [-0.39, 0.29) is 6.42 Å². The summed E-state index contributed by atoms with van der Waals surface area (Å²) in [4.78, 5) is 11.3. The fraction of sp³-hybridized carbons (Fsp3) is 0.731. The van der Waals surface area contributed by atoms with Gasteiger partial charge in [-0.25, -0.2) is 0 Å². The Labute approximate surface area is 195 Å². The molecule has 0 radical (unpaired) electrons. The fourth-order valence-corrected chi connectivity index (χ4v) is 8.27. The molecule has 1 heterocycles. The van der Waals surface area contributed by atoms with Gasteiger partial charge in [0, 0.05) is 18.3 Å². The van der Waals surface area contributed by atoms with E-state index < -0.39 is 28.1 Å². The first-order chi connectivity index (χ1) is 15.1. The van der Waals surface area contributed by atoms with Crippen LogP contribution in [0.2, 0.25) is 0 Å². The number of carboxylic acid groups (broad SMARTS) is 1. The zero-order chi connectivity index (χ0) is 22.9. The van der Waals surface area contributed by atoms with Crippen LogP contribution >= 0.6 is 11.6 Å². The Balaban J connectivity index is 1.40. The minimum Gasteiger partial charge on any atom is -0.480 e. The number of halogens is 1. The van der Waals surface area contributed by atoms with Crippen LogP contribution in [0, 0.1) is 29.1 Å². The third-order valence-electron chi connectivity index (χ3n) is 9.59. The summed E-state index contributed by atoms with van der Waals surface area (Å²) >= 11 is 6.02. The molecule has 4 fully saturated rings. The first-order valence-electron chi connectivity index (χ1n) is 12.0. The molecule has 6 heteroatoms. The molecule has 32 heavy (non-hydrogen) atoms. The Morgan fingerprint density at radius 3 is 2.69 bits per heavy atom. The van der Waals surface area contributed by atoms with E-state index in [1.54, 1.807) is 0 Å². The largest absolute Gasteiger partial charge is 0.480 e. The summed E-state index contributed by atoms with van der Waals surface area (Å²) in [6.07, 6.45) is 8.62. The molecule has 0 bridgehead atoms. The maximum Gasteiger partial charge on any atom is 0.321 e. The highest BCUT2D eigenvalue weighted by Crippen LogP contribution is 2.67. The molecule has 1 spiro atoms. The maximum atomic E-state index is 11.9. The number of hydrogen-bond acceptors (Lipinski definition) is 4. The number of alkyl halides is 1. The van der Waals surface area contributed by atoms with Gasteiger partial charge in [0.15, 0.2) is 5.79 Å². The molecule has 7 atom stereocenters. The number of aliphatic carboxylic acids is 1. The maximum absolute atomic E-state index is 11.9. The van der Waals surface area contributed by atoms with Gasteiger partial charge in [0.2, 0.25) is 0 Å². The normalized spacial score (nSPS) is 43.2. The van der Waals surface area contributed by atoms with E-state index in [0.717, 1.165) is 38.5 Å². The molecule has 1 aliphatic heterocycles. The number of carbonyl (C=O) groups is 1. The van der Waals surface area contributed by atoms with Crippen LogP contribution in [0.5, 0.6) is 0 Å². The van der Waals surface area contributed by atoms with Crippen molar-refractivity contribution in [2.24, 2.45) is 29.1 Å². The lowest BCUT2D eigenvalue weighted by molar-refractivity contribution is -0.175. The standard InChI is InChI=1S/C26H35ClO5/c1-15-13-24(3)20(7-9-26(24,30)16(2)12-21(27)23(28)29)19-5-4-17-14-25(31-10-11-32-25)8-6-18(17)22(15)19/h4,18-22,30H,1-2,5-14H2,3H3,(H,28,29)/t18-,19-,20-,21-,22+,24-,26+/m0/s1. The zero-order valence-electron chi connectivity index (χ0n) is 18.9. The van der Waals surface area contributed by atoms with E-state index in [2.05, 4.69) is 26.2 Å². The summed E-state index contributed by atoms with van der Waals surface area (Å²) in [6, 6.07) is 0. The molecule has 0 aromatic rings. The molecule has 1 saturated heterocycles. The van der Waals surface area contributed by atoms with Crippen LogP contribution in [0.15, 0.2) is 36.0 Å². The highest BCUT2D eigenvalue weighted by Gasteiger charge is 2.64. The number of allylic oxidation sites excluding steroid dienone is 2. The molecule has 0 amide bonds. The van der Waals surface area contributed by atoms with Crippen molar-refractivity contribution in [3.05, 3.63) is 36.0 Å². The molecule has 3 saturated carbocycles. The molecule has 0 aromatic carbocycles. The Kier molecular flexibility index (Phi) is 5.44. The van der Waals surface area contributed by atoms with Gasteiger partial charge in [0.05, 0.1) is 18.8 Å². The van der Waals surface area contributed by atoms with Gasteiger partial charge in [-0.15, -0.1) is 11.6 Å². The summed E-state index contributed by atoms with van der Waals surface area (Å²) in [5.74, 6) is 0.239. The number of rotatable bonds is 4. The second kappa shape index (κ2) is 7.69. The number of hydrogen-bond donors (Lipinski definition) is 2. The molecule has 0 unspecified atom stereocenters. The molecule has 176 valence electrons. The van der Waals surface area contributed by atoms with Crippen molar-refractivity contribution < 1.29 is 24.5 Å². The van der Waals surface area contributed by atoms with Crippen LogP contribution in [0.4, 0.5) is 0 Å². The molecular weight excluding hydrogens is 428 g/mol. The van der Waals surface area contributed by atoms with Crippen LogP contribution in [0.1, 0.15) is 58.3 Å². The summed E-state index contributed by atoms with van der Waals surface area (Å²) in [7, 11) is 0. The number of carboxylic acids is 1. The fourth-order valence-electron chi connectivity index (χ4n) is 8.08. The highest BCUT2D eigenvalue weighted by atomic mass is 35.5. The molecule has 5 nitrogen and oxygen atoms in total. The Hall–Kier alpha value is -1.14. The Morgan fingerprint density at radius 2 is 2.00 bits per heavy atom. The Bertz CT molecular complexity index is 873. The molecule has 2 N–H and O–H groups in total. The first-order valence-corrected chi connectivity index (χ1v) is 12.5. The zero-order valence-corrected chi connectivity index (χ0v) is 19.7. The predicted octanol–water partition coefficient (Wildman–Crippen LogP) is 4.84. The van der Waals surface area contributed by atoms with Crippen LogP contribution in [0.25, 0.3) is 0 Å². The van der Waals surface area contributed by atoms with E-state index in [1.807, 2.05) is 0 Å². The van der Waals surface area contributed by atoms with E-state index >= 15 is 0 Å². The second-order valence-corrected chi connectivity index (χ2v) is 11.5. The molecule has 5 aliphatic rings. The van der Waals surface area contributed by atoms with Gasteiger partial charge in [0.25, 0.3) is 0 Å². The topological polar surface area (TPSA) is 76.0 Å². The molecular formula is C26H35ClO5. The third-order valence-corrected chi connectivity index (χ3v) is 9.93. The molecule has 0 aromatic heterocycles. The lowest BCUT2D eigenvalue weighted by Gasteiger charge is -2.57. The van der Waals surface area contributed by atoms with Crippen molar-refractivity contribution in [2.45, 2.75) is 75.1 Å². The van der Waals surface area contributed by atoms with Crippen molar-refractivity contribution in [3.63, 3.8) is 0 Å². The van der Waals surface area contributed by atoms with E-state index in [9.17, 15) is 15.0 Å². The van der Waals surface area contributed by atoms with Crippen LogP contribution in [0.3, 0.4) is 0 Å². The first kappa shape index (κ1) is 22.6. The smallest absolute Gasteiger partial charge is 0.321 e. The van der Waals surface area contributed by atoms with Gasteiger partial charge in [0.1, 0.15) is 5.38 Å². The lowest BCUT2D eigenvalue weighted by atomic mass is 9.49. The van der Waals surface area contributed by atoms with Crippen molar-refractivity contribution in [3.8, 4) is 0 Å². The number of fused-ring (bicyclic) bond motifs is 5. The van der Waals surface area contributed by atoms with E-state index in [1.165, 1.54) is 11.1 Å². The quantitative estimate of drug-likeness (QED) is 0.462. The van der Waals surface area contributed by atoms with Crippen molar-refractivity contribution in [1.29, 1.82) is 0 Å². The third kappa shape index (κ3) is 3.19. The van der Waals surface area contributed by atoms with Gasteiger partial charge in [-0.2, -0.15) is 0 Å². The number of ether oxygens (including phenoxy) is 2. The molecule has 5 rings (SSSR count). The van der Waals surface area contributed by atoms with Crippen LogP contribution in [-0.2, 0) is 14.3 Å². The van der Waals surface area contributed by atoms with Crippen molar-refractivity contribution in [1.82, 2.24) is 0 Å². The summed E-state index contributed by atoms with van der Waals surface area (Å²) in [6.45, 7) is 12.2. The van der Waals surface area contributed by atoms with Crippen molar-refractivity contribution >= 4 is 17.6 Å². The molecule has 4 aliphatic carbocycles. The minimum absolute atomic E-state index is 0.0883. The van der Waals surface area contributed by atoms with Gasteiger partial charge in [-0.1, -0.05) is 37.3 Å². The highest BCUT2D eigenvalue weighted by molar-refractivity contribution is 6.29. The average Bonchev–Trinajstić information content (AvgIpc) is 3.30. The predicted molar refractivity (Wildman–Crippen MR) is 122 cm³/mol.